The molecule has 4 heteroatoms. The second-order valence-electron chi connectivity index (χ2n) is 4.68. The van der Waals surface area contributed by atoms with E-state index in [0.29, 0.717) is 6.42 Å². The highest BCUT2D eigenvalue weighted by Crippen LogP contribution is 2.26. The van der Waals surface area contributed by atoms with Crippen molar-refractivity contribution in [2.45, 2.75) is 13.3 Å². The van der Waals surface area contributed by atoms with Gasteiger partial charge in [-0.2, -0.15) is 5.26 Å². The molecule has 0 spiro atoms. The number of rotatable bonds is 2. The molecule has 0 bridgehead atoms. The van der Waals surface area contributed by atoms with Gasteiger partial charge in [-0.25, -0.2) is 4.98 Å². The molecule has 3 aromatic rings. The van der Waals surface area contributed by atoms with Crippen molar-refractivity contribution in [1.29, 1.82) is 5.26 Å². The smallest absolute Gasteiger partial charge is 0.137 e. The predicted molar refractivity (Wildman–Crippen MR) is 82.4 cm³/mol. The molecule has 0 amide bonds. The number of aryl methyl sites for hydroxylation is 1. The minimum atomic E-state index is 0.334. The quantitative estimate of drug-likeness (QED) is 0.710. The van der Waals surface area contributed by atoms with Crippen molar-refractivity contribution in [3.63, 3.8) is 0 Å². The van der Waals surface area contributed by atoms with Crippen molar-refractivity contribution < 1.29 is 0 Å². The lowest BCUT2D eigenvalue weighted by Crippen LogP contribution is -1.93. The molecule has 0 fully saturated rings. The summed E-state index contributed by atoms with van der Waals surface area (Å²) in [5, 5.41) is 9.08. The zero-order chi connectivity index (χ0) is 14.1. The van der Waals surface area contributed by atoms with Crippen LogP contribution in [0.2, 0.25) is 0 Å². The third kappa shape index (κ3) is 2.21. The predicted octanol–water partition coefficient (Wildman–Crippen LogP) is 4.14. The SMILES string of the molecule is Cc1ccc(-c2nc3ccc(Br)cn3c2CC#N)cc1. The van der Waals surface area contributed by atoms with E-state index in [1.165, 1.54) is 5.56 Å². The normalized spacial score (nSPS) is 10.7. The Balaban J connectivity index is 2.26. The van der Waals surface area contributed by atoms with Gasteiger partial charge in [0, 0.05) is 16.2 Å². The van der Waals surface area contributed by atoms with Gasteiger partial charge in [-0.05, 0) is 35.0 Å². The summed E-state index contributed by atoms with van der Waals surface area (Å²) in [6.45, 7) is 2.06. The Hall–Kier alpha value is -2.12. The van der Waals surface area contributed by atoms with Crippen LogP contribution in [0.3, 0.4) is 0 Å². The maximum absolute atomic E-state index is 9.08. The Morgan fingerprint density at radius 3 is 2.65 bits per heavy atom. The molecule has 0 saturated carbocycles. The molecule has 1 aromatic carbocycles. The number of hydrogen-bond donors (Lipinski definition) is 0. The van der Waals surface area contributed by atoms with E-state index in [9.17, 15) is 0 Å². The summed E-state index contributed by atoms with van der Waals surface area (Å²) >= 11 is 3.46. The summed E-state index contributed by atoms with van der Waals surface area (Å²) in [5.74, 6) is 0. The first-order valence-corrected chi connectivity index (χ1v) is 7.09. The van der Waals surface area contributed by atoms with Gasteiger partial charge in [0.1, 0.15) is 5.65 Å². The second-order valence-corrected chi connectivity index (χ2v) is 5.60. The number of nitrogens with zero attached hydrogens (tertiary/aromatic N) is 3. The van der Waals surface area contributed by atoms with Crippen LogP contribution >= 0.6 is 15.9 Å². The van der Waals surface area contributed by atoms with E-state index in [1.54, 1.807) is 0 Å². The Labute approximate surface area is 125 Å². The maximum atomic E-state index is 9.08. The number of aromatic nitrogens is 2. The van der Waals surface area contributed by atoms with Gasteiger partial charge in [0.2, 0.25) is 0 Å². The number of benzene rings is 1. The fourth-order valence-corrected chi connectivity index (χ4v) is 2.59. The second kappa shape index (κ2) is 5.10. The minimum Gasteiger partial charge on any atom is -0.301 e. The Kier molecular flexibility index (Phi) is 3.29. The molecule has 0 radical (unpaired) electrons. The average Bonchev–Trinajstić information content (AvgIpc) is 2.79. The molecule has 0 saturated heterocycles. The molecule has 0 N–H and O–H groups in total. The summed E-state index contributed by atoms with van der Waals surface area (Å²) in [5.41, 5.74) is 4.91. The van der Waals surface area contributed by atoms with E-state index in [-0.39, 0.29) is 0 Å². The largest absolute Gasteiger partial charge is 0.301 e. The average molecular weight is 326 g/mol. The van der Waals surface area contributed by atoms with Crippen LogP contribution < -0.4 is 0 Å². The lowest BCUT2D eigenvalue weighted by atomic mass is 10.1. The van der Waals surface area contributed by atoms with Gasteiger partial charge in [0.05, 0.1) is 23.9 Å². The number of imidazole rings is 1. The number of halogens is 1. The topological polar surface area (TPSA) is 41.1 Å². The molecule has 2 aromatic heterocycles. The molecule has 2 heterocycles. The van der Waals surface area contributed by atoms with Crippen molar-refractivity contribution in [3.8, 4) is 17.3 Å². The van der Waals surface area contributed by atoms with Crippen molar-refractivity contribution in [2.24, 2.45) is 0 Å². The number of hydrogen-bond acceptors (Lipinski definition) is 2. The fourth-order valence-electron chi connectivity index (χ4n) is 2.25. The first kappa shape index (κ1) is 12.9. The molecule has 20 heavy (non-hydrogen) atoms. The van der Waals surface area contributed by atoms with E-state index >= 15 is 0 Å². The highest BCUT2D eigenvalue weighted by Gasteiger charge is 2.13. The molecular weight excluding hydrogens is 314 g/mol. The van der Waals surface area contributed by atoms with Gasteiger partial charge in [-0.15, -0.1) is 0 Å². The van der Waals surface area contributed by atoms with Crippen LogP contribution in [0.4, 0.5) is 0 Å². The minimum absolute atomic E-state index is 0.334. The van der Waals surface area contributed by atoms with Crippen LogP contribution in [0.15, 0.2) is 47.1 Å². The molecule has 0 aliphatic heterocycles. The van der Waals surface area contributed by atoms with Gasteiger partial charge >= 0.3 is 0 Å². The van der Waals surface area contributed by atoms with Gasteiger partial charge < -0.3 is 4.40 Å². The standard InChI is InChI=1S/C16H12BrN3/c1-11-2-4-12(5-3-11)16-14(8-9-18)20-10-13(17)6-7-15(20)19-16/h2-7,10H,8H2,1H3. The van der Waals surface area contributed by atoms with Crippen molar-refractivity contribution >= 4 is 21.6 Å². The van der Waals surface area contributed by atoms with E-state index in [2.05, 4.69) is 46.0 Å². The van der Waals surface area contributed by atoms with E-state index < -0.39 is 0 Å². The van der Waals surface area contributed by atoms with Crippen LogP contribution in [-0.2, 0) is 6.42 Å². The highest BCUT2D eigenvalue weighted by molar-refractivity contribution is 9.10. The van der Waals surface area contributed by atoms with E-state index in [0.717, 1.165) is 27.1 Å². The highest BCUT2D eigenvalue weighted by atomic mass is 79.9. The molecule has 3 nitrogen and oxygen atoms in total. The van der Waals surface area contributed by atoms with Crippen LogP contribution in [-0.4, -0.2) is 9.38 Å². The van der Waals surface area contributed by atoms with E-state index in [1.807, 2.05) is 34.9 Å². The summed E-state index contributed by atoms with van der Waals surface area (Å²) in [4.78, 5) is 4.66. The summed E-state index contributed by atoms with van der Waals surface area (Å²) < 4.78 is 2.94. The third-order valence-electron chi connectivity index (χ3n) is 3.25. The number of pyridine rings is 1. The van der Waals surface area contributed by atoms with Gasteiger partial charge in [0.15, 0.2) is 0 Å². The monoisotopic (exact) mass is 325 g/mol. The molecule has 0 atom stereocenters. The maximum Gasteiger partial charge on any atom is 0.137 e. The first-order chi connectivity index (χ1) is 9.69. The Bertz CT molecular complexity index is 810. The van der Waals surface area contributed by atoms with Gasteiger partial charge in [0.25, 0.3) is 0 Å². The summed E-state index contributed by atoms with van der Waals surface area (Å²) in [6.07, 6.45) is 2.29. The summed E-state index contributed by atoms with van der Waals surface area (Å²) in [7, 11) is 0. The Morgan fingerprint density at radius 1 is 1.20 bits per heavy atom. The Morgan fingerprint density at radius 2 is 1.95 bits per heavy atom. The van der Waals surface area contributed by atoms with Crippen molar-refractivity contribution in [2.75, 3.05) is 0 Å². The van der Waals surface area contributed by atoms with Gasteiger partial charge in [-0.3, -0.25) is 0 Å². The molecule has 0 aliphatic carbocycles. The van der Waals surface area contributed by atoms with Crippen LogP contribution in [0.1, 0.15) is 11.3 Å². The molecule has 0 unspecified atom stereocenters. The fraction of sp³-hybridized carbons (Fsp3) is 0.125. The summed E-state index contributed by atoms with van der Waals surface area (Å²) in [6, 6.07) is 14.3. The van der Waals surface area contributed by atoms with E-state index in [4.69, 9.17) is 5.26 Å². The zero-order valence-electron chi connectivity index (χ0n) is 11.0. The van der Waals surface area contributed by atoms with Crippen molar-refractivity contribution in [3.05, 3.63) is 58.3 Å². The lowest BCUT2D eigenvalue weighted by molar-refractivity contribution is 1.05. The van der Waals surface area contributed by atoms with Crippen LogP contribution in [0, 0.1) is 18.3 Å². The van der Waals surface area contributed by atoms with Crippen molar-refractivity contribution in [1.82, 2.24) is 9.38 Å². The zero-order valence-corrected chi connectivity index (χ0v) is 12.6. The van der Waals surface area contributed by atoms with Crippen LogP contribution in [0.5, 0.6) is 0 Å². The van der Waals surface area contributed by atoms with Crippen LogP contribution in [0.25, 0.3) is 16.9 Å². The lowest BCUT2D eigenvalue weighted by Gasteiger charge is -2.02. The number of fused-ring (bicyclic) bond motifs is 1. The molecule has 0 aliphatic rings. The molecule has 98 valence electrons. The molecular formula is C16H12BrN3. The number of nitriles is 1. The van der Waals surface area contributed by atoms with Gasteiger partial charge in [-0.1, -0.05) is 29.8 Å². The third-order valence-corrected chi connectivity index (χ3v) is 3.72. The first-order valence-electron chi connectivity index (χ1n) is 6.29. The molecule has 3 rings (SSSR count).